The summed E-state index contributed by atoms with van der Waals surface area (Å²) in [5, 5.41) is 12.7. The Morgan fingerprint density at radius 2 is 1.66 bits per heavy atom. The number of benzene rings is 2. The van der Waals surface area contributed by atoms with Crippen LogP contribution in [0.25, 0.3) is 0 Å². The van der Waals surface area contributed by atoms with Gasteiger partial charge in [0.25, 0.3) is 5.91 Å². The van der Waals surface area contributed by atoms with E-state index in [2.05, 4.69) is 5.32 Å². The van der Waals surface area contributed by atoms with Gasteiger partial charge in [-0.3, -0.25) is 4.79 Å². The Balaban J connectivity index is 1.88. The molecule has 158 valence electrons. The Hall–Kier alpha value is -2.78. The molecule has 2 N–H and O–H groups in total. The fourth-order valence-electron chi connectivity index (χ4n) is 2.57. The van der Waals surface area contributed by atoms with Gasteiger partial charge >= 0.3 is 0 Å². The van der Waals surface area contributed by atoms with Gasteiger partial charge in [0.15, 0.2) is 21.3 Å². The molecule has 0 fully saturated rings. The normalized spacial score (nSPS) is 12.1. The van der Waals surface area contributed by atoms with Crippen molar-refractivity contribution in [1.29, 1.82) is 0 Å². The average molecular weight is 423 g/mol. The molecule has 0 aromatic heterocycles. The van der Waals surface area contributed by atoms with E-state index < -0.39 is 15.9 Å². The number of methoxy groups -OCH3 is 2. The highest BCUT2D eigenvalue weighted by molar-refractivity contribution is 7.89. The number of nitrogens with one attached hydrogen (secondary N) is 1. The third kappa shape index (κ3) is 6.95. The Morgan fingerprint density at radius 3 is 2.17 bits per heavy atom. The van der Waals surface area contributed by atoms with E-state index in [9.17, 15) is 18.3 Å². The van der Waals surface area contributed by atoms with Crippen molar-refractivity contribution >= 4 is 15.7 Å². The molecule has 0 heterocycles. The second-order valence-corrected chi connectivity index (χ2v) is 8.57. The van der Waals surface area contributed by atoms with Crippen molar-refractivity contribution in [2.45, 2.75) is 11.9 Å². The van der Waals surface area contributed by atoms with E-state index in [1.54, 1.807) is 42.5 Å². The van der Waals surface area contributed by atoms with Gasteiger partial charge in [0.05, 0.1) is 20.0 Å². The summed E-state index contributed by atoms with van der Waals surface area (Å²) in [5.74, 6) is 0.830. The molecular formula is C20H25NO7S. The Labute approximate surface area is 170 Å². The topological polar surface area (TPSA) is 111 Å². The number of aliphatic hydroxyl groups is 1. The molecule has 0 aliphatic rings. The van der Waals surface area contributed by atoms with Crippen LogP contribution in [-0.2, 0) is 15.6 Å². The molecular weight excluding hydrogens is 398 g/mol. The molecule has 1 amide bonds. The Morgan fingerprint density at radius 1 is 1.07 bits per heavy atom. The zero-order chi connectivity index (χ0) is 21.4. The number of hydrogen-bond donors (Lipinski definition) is 2. The number of hydrogen-bond acceptors (Lipinski definition) is 7. The molecule has 0 aliphatic carbocycles. The van der Waals surface area contributed by atoms with E-state index in [0.29, 0.717) is 28.4 Å². The van der Waals surface area contributed by atoms with Crippen molar-refractivity contribution in [2.75, 3.05) is 33.6 Å². The van der Waals surface area contributed by atoms with Gasteiger partial charge in [-0.1, -0.05) is 18.2 Å². The van der Waals surface area contributed by atoms with Crippen LogP contribution in [0.2, 0.25) is 0 Å². The minimum atomic E-state index is -3.14. The summed E-state index contributed by atoms with van der Waals surface area (Å²) in [6.07, 6.45) is 0.190. The quantitative estimate of drug-likeness (QED) is 0.594. The molecule has 0 radical (unpaired) electrons. The molecule has 2 rings (SSSR count). The van der Waals surface area contributed by atoms with Crippen molar-refractivity contribution in [3.63, 3.8) is 0 Å². The Kier molecular flexibility index (Phi) is 7.86. The SMILES string of the molecule is COc1cccc(OC)c1OCC(O)CNC(=O)c1ccc(CS(C)(=O)=O)cc1. The Bertz CT molecular complexity index is 904. The number of sulfone groups is 1. The van der Waals surface area contributed by atoms with Crippen molar-refractivity contribution < 1.29 is 32.5 Å². The molecule has 0 spiro atoms. The molecule has 0 saturated heterocycles. The first-order chi connectivity index (χ1) is 13.7. The van der Waals surface area contributed by atoms with E-state index in [1.165, 1.54) is 14.2 Å². The summed E-state index contributed by atoms with van der Waals surface area (Å²) in [5.41, 5.74) is 0.963. The van der Waals surface area contributed by atoms with E-state index >= 15 is 0 Å². The maximum Gasteiger partial charge on any atom is 0.251 e. The lowest BCUT2D eigenvalue weighted by Gasteiger charge is -2.17. The molecule has 1 unspecified atom stereocenters. The number of carbonyl (C=O) groups excluding carboxylic acids is 1. The fourth-order valence-corrected chi connectivity index (χ4v) is 3.36. The predicted molar refractivity (Wildman–Crippen MR) is 108 cm³/mol. The number of aliphatic hydroxyl groups excluding tert-OH is 1. The van der Waals surface area contributed by atoms with Crippen LogP contribution in [0.3, 0.4) is 0 Å². The first kappa shape index (κ1) is 22.5. The molecule has 2 aromatic carbocycles. The molecule has 9 heteroatoms. The number of ether oxygens (including phenoxy) is 3. The summed E-state index contributed by atoms with van der Waals surface area (Å²) in [7, 11) is -0.138. The van der Waals surface area contributed by atoms with Crippen LogP contribution in [0.4, 0.5) is 0 Å². The largest absolute Gasteiger partial charge is 0.493 e. The van der Waals surface area contributed by atoms with Crippen molar-refractivity contribution in [3.05, 3.63) is 53.6 Å². The van der Waals surface area contributed by atoms with Crippen LogP contribution in [0.15, 0.2) is 42.5 Å². The van der Waals surface area contributed by atoms with Crippen LogP contribution in [0, 0.1) is 0 Å². The van der Waals surface area contributed by atoms with Gasteiger partial charge in [-0.2, -0.15) is 0 Å². The van der Waals surface area contributed by atoms with E-state index in [1.807, 2.05) is 0 Å². The lowest BCUT2D eigenvalue weighted by atomic mass is 10.1. The minimum Gasteiger partial charge on any atom is -0.493 e. The average Bonchev–Trinajstić information content (AvgIpc) is 2.69. The fraction of sp³-hybridized carbons (Fsp3) is 0.350. The highest BCUT2D eigenvalue weighted by Gasteiger charge is 2.15. The third-order valence-electron chi connectivity index (χ3n) is 3.95. The summed E-state index contributed by atoms with van der Waals surface area (Å²) < 4.78 is 38.7. The second-order valence-electron chi connectivity index (χ2n) is 6.43. The zero-order valence-electron chi connectivity index (χ0n) is 16.5. The van der Waals surface area contributed by atoms with Crippen molar-refractivity contribution in [3.8, 4) is 17.2 Å². The van der Waals surface area contributed by atoms with Crippen LogP contribution in [-0.4, -0.2) is 59.2 Å². The maximum atomic E-state index is 12.2. The standard InChI is InChI=1S/C20H25NO7S/c1-26-17-5-4-6-18(27-2)19(17)28-12-16(22)11-21-20(23)15-9-7-14(8-10-15)13-29(3,24)25/h4-10,16,22H,11-13H2,1-3H3,(H,21,23). The van der Waals surface area contributed by atoms with Gasteiger partial charge in [-0.15, -0.1) is 0 Å². The van der Waals surface area contributed by atoms with Crippen molar-refractivity contribution in [2.24, 2.45) is 0 Å². The summed E-state index contributed by atoms with van der Waals surface area (Å²) >= 11 is 0. The first-order valence-electron chi connectivity index (χ1n) is 8.80. The monoisotopic (exact) mass is 423 g/mol. The van der Waals surface area contributed by atoms with Crippen LogP contribution < -0.4 is 19.5 Å². The zero-order valence-corrected chi connectivity index (χ0v) is 17.4. The first-order valence-corrected chi connectivity index (χ1v) is 10.9. The summed E-state index contributed by atoms with van der Waals surface area (Å²) in [6, 6.07) is 11.4. The van der Waals surface area contributed by atoms with E-state index in [4.69, 9.17) is 14.2 Å². The third-order valence-corrected chi connectivity index (χ3v) is 4.80. The molecule has 0 aliphatic heterocycles. The highest BCUT2D eigenvalue weighted by Crippen LogP contribution is 2.36. The van der Waals surface area contributed by atoms with Gasteiger partial charge in [0.2, 0.25) is 5.75 Å². The molecule has 0 bridgehead atoms. The van der Waals surface area contributed by atoms with Crippen LogP contribution in [0.5, 0.6) is 17.2 Å². The molecule has 8 nitrogen and oxygen atoms in total. The smallest absolute Gasteiger partial charge is 0.251 e. The minimum absolute atomic E-state index is 0.0264. The number of carbonyl (C=O) groups is 1. The number of para-hydroxylation sites is 1. The summed E-state index contributed by atoms with van der Waals surface area (Å²) in [6.45, 7) is -0.105. The predicted octanol–water partition coefficient (Wildman–Crippen LogP) is 1.42. The molecule has 29 heavy (non-hydrogen) atoms. The van der Waals surface area contributed by atoms with Gasteiger partial charge < -0.3 is 24.6 Å². The van der Waals surface area contributed by atoms with Crippen LogP contribution in [0.1, 0.15) is 15.9 Å². The molecule has 2 aromatic rings. The lowest BCUT2D eigenvalue weighted by Crippen LogP contribution is -2.35. The highest BCUT2D eigenvalue weighted by atomic mass is 32.2. The van der Waals surface area contributed by atoms with Gasteiger partial charge in [0, 0.05) is 18.4 Å². The molecule has 0 saturated carbocycles. The second kappa shape index (κ2) is 10.1. The summed E-state index contributed by atoms with van der Waals surface area (Å²) in [4.78, 5) is 12.2. The maximum absolute atomic E-state index is 12.2. The van der Waals surface area contributed by atoms with Gasteiger partial charge in [0.1, 0.15) is 12.7 Å². The van der Waals surface area contributed by atoms with Crippen LogP contribution >= 0.6 is 0 Å². The van der Waals surface area contributed by atoms with Gasteiger partial charge in [-0.25, -0.2) is 8.42 Å². The number of rotatable bonds is 10. The van der Waals surface area contributed by atoms with E-state index in [-0.39, 0.29) is 24.8 Å². The lowest BCUT2D eigenvalue weighted by molar-refractivity contribution is 0.0833. The number of amides is 1. The van der Waals surface area contributed by atoms with E-state index in [0.717, 1.165) is 6.26 Å². The van der Waals surface area contributed by atoms with Gasteiger partial charge in [-0.05, 0) is 29.8 Å². The van der Waals surface area contributed by atoms with Crippen molar-refractivity contribution in [1.82, 2.24) is 5.32 Å². The molecule has 1 atom stereocenters.